The molecule has 0 radical (unpaired) electrons. The number of aromatic nitrogens is 2. The van der Waals surface area contributed by atoms with Gasteiger partial charge in [0.25, 0.3) is 0 Å². The first-order valence-electron chi connectivity index (χ1n) is 9.60. The van der Waals surface area contributed by atoms with Crippen LogP contribution in [0.2, 0.25) is 0 Å². The largest absolute Gasteiger partial charge is 0.297 e. The molecule has 2 aromatic heterocycles. The predicted octanol–water partition coefficient (Wildman–Crippen LogP) is 3.95. The monoisotopic (exact) mass is 413 g/mol. The number of thiophene rings is 1. The maximum atomic E-state index is 13.1. The molecule has 4 heterocycles. The summed E-state index contributed by atoms with van der Waals surface area (Å²) in [5.41, 5.74) is 3.25. The summed E-state index contributed by atoms with van der Waals surface area (Å²) in [5.74, 6) is 0.0556. The first-order valence-corrected chi connectivity index (χ1v) is 12.0. The van der Waals surface area contributed by atoms with E-state index in [1.807, 2.05) is 29.1 Å². The number of hydrogen-bond donors (Lipinski definition) is 0. The molecule has 0 unspecified atom stereocenters. The molecule has 5 rings (SSSR count). The third-order valence-corrected chi connectivity index (χ3v) is 9.03. The van der Waals surface area contributed by atoms with Gasteiger partial charge >= 0.3 is 0 Å². The van der Waals surface area contributed by atoms with Crippen molar-refractivity contribution in [3.63, 3.8) is 0 Å². The van der Waals surface area contributed by atoms with Crippen LogP contribution in [0.25, 0.3) is 10.4 Å². The summed E-state index contributed by atoms with van der Waals surface area (Å²) in [4.78, 5) is 3.98. The Labute approximate surface area is 169 Å². The molecule has 2 aliphatic heterocycles. The lowest BCUT2D eigenvalue weighted by molar-refractivity contribution is 0.325. The molecular formula is C21H23N3O2S2. The highest BCUT2D eigenvalue weighted by Crippen LogP contribution is 2.46. The second-order valence-electron chi connectivity index (χ2n) is 8.04. The molecule has 146 valence electrons. The van der Waals surface area contributed by atoms with Crippen molar-refractivity contribution >= 4 is 21.2 Å². The Morgan fingerprint density at radius 2 is 2.11 bits per heavy atom. The molecule has 2 atom stereocenters. The topological polar surface area (TPSA) is 55.2 Å². The Bertz CT molecular complexity index is 1120. The van der Waals surface area contributed by atoms with Crippen LogP contribution in [-0.2, 0) is 16.4 Å². The van der Waals surface area contributed by atoms with Crippen LogP contribution in [0.1, 0.15) is 36.9 Å². The number of fused-ring (bicyclic) bond motifs is 3. The van der Waals surface area contributed by atoms with Gasteiger partial charge in [0.2, 0.25) is 0 Å². The molecule has 1 aromatic carbocycles. The first-order chi connectivity index (χ1) is 13.4. The molecule has 0 saturated carbocycles. The van der Waals surface area contributed by atoms with E-state index in [2.05, 4.69) is 47.6 Å². The summed E-state index contributed by atoms with van der Waals surface area (Å²) in [6, 6.07) is 10.3. The lowest BCUT2D eigenvalue weighted by Crippen LogP contribution is -2.25. The minimum Gasteiger partial charge on any atom is -0.297 e. The van der Waals surface area contributed by atoms with Gasteiger partial charge < -0.3 is 0 Å². The molecule has 0 amide bonds. The minimum atomic E-state index is -3.26. The van der Waals surface area contributed by atoms with Gasteiger partial charge in [-0.15, -0.1) is 11.3 Å². The van der Waals surface area contributed by atoms with Gasteiger partial charge in [0.1, 0.15) is 0 Å². The minimum absolute atomic E-state index is 0.0556. The van der Waals surface area contributed by atoms with E-state index in [1.165, 1.54) is 4.88 Å². The van der Waals surface area contributed by atoms with Gasteiger partial charge in [-0.25, -0.2) is 8.42 Å². The number of likely N-dealkylation sites (tertiary alicyclic amines) is 1. The summed E-state index contributed by atoms with van der Waals surface area (Å²) < 4.78 is 28.2. The summed E-state index contributed by atoms with van der Waals surface area (Å²) in [5, 5.41) is 6.13. The van der Waals surface area contributed by atoms with E-state index >= 15 is 0 Å². The van der Waals surface area contributed by atoms with Crippen molar-refractivity contribution in [2.75, 3.05) is 13.1 Å². The standard InChI is InChI=1S/C21H23N3O2S2/c1-14(2)24-11-15(9-22-24)10-23-12-18-17-8-16(19-4-3-7-27-19)5-6-20(17)28(25,26)21(18)13-23/h3-9,11,14,18,21H,10,12-13H2,1-2H3/t18-,21-/m1/s1. The van der Waals surface area contributed by atoms with E-state index in [0.29, 0.717) is 17.5 Å². The molecule has 0 N–H and O–H groups in total. The molecule has 1 saturated heterocycles. The Kier molecular flexibility index (Phi) is 4.23. The van der Waals surface area contributed by atoms with Crippen LogP contribution in [0.4, 0.5) is 0 Å². The van der Waals surface area contributed by atoms with Crippen LogP contribution < -0.4 is 0 Å². The van der Waals surface area contributed by atoms with E-state index in [4.69, 9.17) is 0 Å². The van der Waals surface area contributed by atoms with E-state index < -0.39 is 9.84 Å². The molecule has 3 aromatic rings. The van der Waals surface area contributed by atoms with Crippen molar-refractivity contribution in [3.8, 4) is 10.4 Å². The molecule has 0 spiro atoms. The third kappa shape index (κ3) is 2.84. The van der Waals surface area contributed by atoms with E-state index in [9.17, 15) is 8.42 Å². The van der Waals surface area contributed by atoms with Crippen molar-refractivity contribution in [2.45, 2.75) is 42.5 Å². The maximum absolute atomic E-state index is 13.1. The second kappa shape index (κ2) is 6.54. The molecule has 7 heteroatoms. The van der Waals surface area contributed by atoms with Crippen molar-refractivity contribution in [1.29, 1.82) is 0 Å². The molecule has 0 aliphatic carbocycles. The fourth-order valence-electron chi connectivity index (χ4n) is 4.45. The van der Waals surface area contributed by atoms with Gasteiger partial charge in [-0.05, 0) is 48.6 Å². The first kappa shape index (κ1) is 18.1. The lowest BCUT2D eigenvalue weighted by atomic mass is 9.96. The normalized spacial score (nSPS) is 23.2. The van der Waals surface area contributed by atoms with Crippen LogP contribution >= 0.6 is 11.3 Å². The van der Waals surface area contributed by atoms with Crippen molar-refractivity contribution in [3.05, 3.63) is 59.2 Å². The Morgan fingerprint density at radius 3 is 2.82 bits per heavy atom. The number of rotatable bonds is 4. The van der Waals surface area contributed by atoms with Crippen LogP contribution in [-0.4, -0.2) is 41.4 Å². The molecule has 2 aliphatic rings. The van der Waals surface area contributed by atoms with Gasteiger partial charge in [0, 0.05) is 48.2 Å². The van der Waals surface area contributed by atoms with Crippen molar-refractivity contribution < 1.29 is 8.42 Å². The van der Waals surface area contributed by atoms with Crippen LogP contribution in [0.15, 0.2) is 53.0 Å². The van der Waals surface area contributed by atoms with Crippen LogP contribution in [0.5, 0.6) is 0 Å². The average Bonchev–Trinajstić information content (AvgIpc) is 3.43. The highest BCUT2D eigenvalue weighted by molar-refractivity contribution is 7.92. The van der Waals surface area contributed by atoms with Gasteiger partial charge in [0.05, 0.1) is 16.3 Å². The number of benzene rings is 1. The molecule has 5 nitrogen and oxygen atoms in total. The van der Waals surface area contributed by atoms with Crippen molar-refractivity contribution in [1.82, 2.24) is 14.7 Å². The average molecular weight is 414 g/mol. The van der Waals surface area contributed by atoms with Crippen LogP contribution in [0, 0.1) is 0 Å². The summed E-state index contributed by atoms with van der Waals surface area (Å²) in [6.45, 7) is 6.31. The molecule has 1 fully saturated rings. The zero-order valence-electron chi connectivity index (χ0n) is 15.9. The summed E-state index contributed by atoms with van der Waals surface area (Å²) >= 11 is 1.68. The fraction of sp³-hybridized carbons (Fsp3) is 0.381. The highest BCUT2D eigenvalue weighted by Gasteiger charge is 2.50. The summed E-state index contributed by atoms with van der Waals surface area (Å²) in [7, 11) is -3.26. The zero-order chi connectivity index (χ0) is 19.5. The predicted molar refractivity (Wildman–Crippen MR) is 111 cm³/mol. The number of sulfone groups is 1. The summed E-state index contributed by atoms with van der Waals surface area (Å²) in [6.07, 6.45) is 3.96. The van der Waals surface area contributed by atoms with E-state index in [-0.39, 0.29) is 11.2 Å². The maximum Gasteiger partial charge on any atom is 0.183 e. The van der Waals surface area contributed by atoms with Gasteiger partial charge in [0.15, 0.2) is 9.84 Å². The Balaban J connectivity index is 1.43. The number of nitrogens with zero attached hydrogens (tertiary/aromatic N) is 3. The SMILES string of the molecule is CC(C)n1cc(CN2C[C@@H]3c4cc(-c5cccs5)ccc4S(=O)(=O)[C@@H]3C2)cn1. The zero-order valence-corrected chi connectivity index (χ0v) is 17.6. The lowest BCUT2D eigenvalue weighted by Gasteiger charge is -2.16. The quantitative estimate of drug-likeness (QED) is 0.650. The van der Waals surface area contributed by atoms with E-state index in [1.54, 1.807) is 11.3 Å². The fourth-order valence-corrected chi connectivity index (χ4v) is 7.37. The number of hydrogen-bond acceptors (Lipinski definition) is 5. The molecule has 0 bridgehead atoms. The smallest absolute Gasteiger partial charge is 0.183 e. The Hall–Kier alpha value is -1.96. The van der Waals surface area contributed by atoms with Crippen molar-refractivity contribution in [2.24, 2.45) is 0 Å². The van der Waals surface area contributed by atoms with Gasteiger partial charge in [-0.3, -0.25) is 9.58 Å². The Morgan fingerprint density at radius 1 is 1.25 bits per heavy atom. The molecular weight excluding hydrogens is 390 g/mol. The molecule has 28 heavy (non-hydrogen) atoms. The second-order valence-corrected chi connectivity index (χ2v) is 11.1. The highest BCUT2D eigenvalue weighted by atomic mass is 32.2. The van der Waals surface area contributed by atoms with Crippen LogP contribution in [0.3, 0.4) is 0 Å². The van der Waals surface area contributed by atoms with E-state index in [0.717, 1.165) is 29.8 Å². The van der Waals surface area contributed by atoms with Gasteiger partial charge in [-0.1, -0.05) is 12.1 Å². The third-order valence-electron chi connectivity index (χ3n) is 5.85. The van der Waals surface area contributed by atoms with Gasteiger partial charge in [-0.2, -0.15) is 5.10 Å².